The Morgan fingerprint density at radius 2 is 2.18 bits per heavy atom. The van der Waals surface area contributed by atoms with Gasteiger partial charge >= 0.3 is 0 Å². The minimum Gasteiger partial charge on any atom is -0.396 e. The van der Waals surface area contributed by atoms with E-state index in [-0.39, 0.29) is 13.2 Å². The predicted molar refractivity (Wildman–Crippen MR) is 38.9 cm³/mol. The van der Waals surface area contributed by atoms with Gasteiger partial charge in [0.1, 0.15) is 18.9 Å². The summed E-state index contributed by atoms with van der Waals surface area (Å²) in [6, 6.07) is 0. The average Bonchev–Trinajstić information content (AvgIpc) is 2.39. The molecule has 3 N–H and O–H groups in total. The van der Waals surface area contributed by atoms with Crippen LogP contribution in [-0.2, 0) is 13.0 Å². The normalized spacial score (nSPS) is 10.4. The summed E-state index contributed by atoms with van der Waals surface area (Å²) in [5.41, 5.74) is 0. The highest BCUT2D eigenvalue weighted by Gasteiger charge is 2.07. The van der Waals surface area contributed by atoms with Gasteiger partial charge in [-0.3, -0.25) is 0 Å². The summed E-state index contributed by atoms with van der Waals surface area (Å²) >= 11 is 0. The fourth-order valence-corrected chi connectivity index (χ4v) is 1.04. The Hall–Kier alpha value is -0.870. The molecule has 0 atom stereocenters. The number of aliphatic hydroxyl groups is 2. The van der Waals surface area contributed by atoms with Gasteiger partial charge in [0.15, 0.2) is 0 Å². The lowest BCUT2D eigenvalue weighted by atomic mass is 10.4. The number of imidazole rings is 1. The van der Waals surface area contributed by atoms with Crippen LogP contribution in [0.15, 0.2) is 12.4 Å². The Bertz CT molecular complexity index is 189. The molecule has 0 saturated heterocycles. The van der Waals surface area contributed by atoms with Gasteiger partial charge in [-0.2, -0.15) is 0 Å². The van der Waals surface area contributed by atoms with Gasteiger partial charge in [0.25, 0.3) is 5.82 Å². The first-order chi connectivity index (χ1) is 5.38. The van der Waals surface area contributed by atoms with Gasteiger partial charge < -0.3 is 10.2 Å². The van der Waals surface area contributed by atoms with Crippen LogP contribution in [0.3, 0.4) is 0 Å². The molecular weight excluding hydrogens is 144 g/mol. The quantitative estimate of drug-likeness (QED) is 0.482. The molecule has 0 aliphatic heterocycles. The molecule has 11 heavy (non-hydrogen) atoms. The van der Waals surface area contributed by atoms with Gasteiger partial charge in [-0.25, -0.2) is 9.55 Å². The van der Waals surface area contributed by atoms with Crippen molar-refractivity contribution in [2.24, 2.45) is 0 Å². The SMILES string of the molecule is OCCc1[nH]cc[n+]1CCO. The van der Waals surface area contributed by atoms with E-state index >= 15 is 0 Å². The lowest BCUT2D eigenvalue weighted by Gasteiger charge is -1.95. The van der Waals surface area contributed by atoms with Gasteiger partial charge in [0, 0.05) is 0 Å². The van der Waals surface area contributed by atoms with Crippen molar-refractivity contribution < 1.29 is 14.8 Å². The van der Waals surface area contributed by atoms with Crippen molar-refractivity contribution in [3.63, 3.8) is 0 Å². The van der Waals surface area contributed by atoms with E-state index < -0.39 is 0 Å². The number of aliphatic hydroxyl groups excluding tert-OH is 2. The van der Waals surface area contributed by atoms with Crippen molar-refractivity contribution in [2.75, 3.05) is 13.2 Å². The Labute approximate surface area is 65.1 Å². The van der Waals surface area contributed by atoms with Crippen LogP contribution in [0.1, 0.15) is 5.82 Å². The van der Waals surface area contributed by atoms with Crippen LogP contribution in [0.25, 0.3) is 0 Å². The molecule has 62 valence electrons. The van der Waals surface area contributed by atoms with E-state index in [2.05, 4.69) is 4.98 Å². The molecule has 0 aliphatic carbocycles. The number of nitrogens with one attached hydrogen (secondary N) is 1. The van der Waals surface area contributed by atoms with Crippen molar-refractivity contribution in [3.05, 3.63) is 18.2 Å². The molecule has 4 nitrogen and oxygen atoms in total. The zero-order chi connectivity index (χ0) is 8.10. The molecule has 0 aliphatic rings. The molecule has 1 rings (SSSR count). The van der Waals surface area contributed by atoms with Gasteiger partial charge in [-0.05, 0) is 0 Å². The van der Waals surface area contributed by atoms with Crippen LogP contribution in [0.4, 0.5) is 0 Å². The zero-order valence-electron chi connectivity index (χ0n) is 6.32. The molecule has 0 aromatic carbocycles. The van der Waals surface area contributed by atoms with Gasteiger partial charge in [-0.15, -0.1) is 0 Å². The third kappa shape index (κ3) is 2.03. The largest absolute Gasteiger partial charge is 0.396 e. The maximum Gasteiger partial charge on any atom is 0.256 e. The van der Waals surface area contributed by atoms with Gasteiger partial charge in [0.05, 0.1) is 19.6 Å². The van der Waals surface area contributed by atoms with Crippen LogP contribution in [0, 0.1) is 0 Å². The molecular formula is C7H13N2O2+. The van der Waals surface area contributed by atoms with Crippen LogP contribution in [0.5, 0.6) is 0 Å². The minimum absolute atomic E-state index is 0.126. The number of aromatic amines is 1. The van der Waals surface area contributed by atoms with E-state index in [9.17, 15) is 0 Å². The van der Waals surface area contributed by atoms with Crippen molar-refractivity contribution in [2.45, 2.75) is 13.0 Å². The van der Waals surface area contributed by atoms with Crippen LogP contribution in [0.2, 0.25) is 0 Å². The fraction of sp³-hybridized carbons (Fsp3) is 0.571. The van der Waals surface area contributed by atoms with Crippen molar-refractivity contribution in [1.82, 2.24) is 4.98 Å². The first kappa shape index (κ1) is 8.23. The van der Waals surface area contributed by atoms with Gasteiger partial charge in [-0.1, -0.05) is 0 Å². The molecule has 0 bridgehead atoms. The van der Waals surface area contributed by atoms with E-state index in [0.29, 0.717) is 13.0 Å². The number of aromatic nitrogens is 2. The highest BCUT2D eigenvalue weighted by molar-refractivity contribution is 4.76. The van der Waals surface area contributed by atoms with Crippen LogP contribution in [-0.4, -0.2) is 28.4 Å². The molecule has 0 spiro atoms. The van der Waals surface area contributed by atoms with E-state index in [0.717, 1.165) is 5.82 Å². The maximum absolute atomic E-state index is 8.63. The van der Waals surface area contributed by atoms with Crippen LogP contribution < -0.4 is 4.57 Å². The number of hydrogen-bond acceptors (Lipinski definition) is 2. The summed E-state index contributed by atoms with van der Waals surface area (Å²) in [5, 5.41) is 17.3. The Morgan fingerprint density at radius 1 is 1.36 bits per heavy atom. The molecule has 1 aromatic heterocycles. The third-order valence-electron chi connectivity index (χ3n) is 1.54. The second kappa shape index (κ2) is 4.10. The van der Waals surface area contributed by atoms with Crippen molar-refractivity contribution in [3.8, 4) is 0 Å². The molecule has 1 aromatic rings. The first-order valence-corrected chi connectivity index (χ1v) is 3.66. The van der Waals surface area contributed by atoms with Crippen molar-refractivity contribution >= 4 is 0 Å². The highest BCUT2D eigenvalue weighted by atomic mass is 16.3. The number of nitrogens with zero attached hydrogens (tertiary/aromatic N) is 1. The second-order valence-electron chi connectivity index (χ2n) is 2.30. The van der Waals surface area contributed by atoms with E-state index in [1.165, 1.54) is 0 Å². The van der Waals surface area contributed by atoms with Crippen molar-refractivity contribution in [1.29, 1.82) is 0 Å². The van der Waals surface area contributed by atoms with E-state index in [4.69, 9.17) is 10.2 Å². The lowest BCUT2D eigenvalue weighted by Crippen LogP contribution is -2.38. The molecule has 4 heteroatoms. The summed E-state index contributed by atoms with van der Waals surface area (Å²) in [4.78, 5) is 2.98. The Balaban J connectivity index is 2.62. The highest BCUT2D eigenvalue weighted by Crippen LogP contribution is 1.86. The number of hydrogen-bond donors (Lipinski definition) is 3. The summed E-state index contributed by atoms with van der Waals surface area (Å²) in [6.45, 7) is 0.839. The van der Waals surface area contributed by atoms with E-state index in [1.54, 1.807) is 6.20 Å². The topological polar surface area (TPSA) is 60.1 Å². The molecule has 0 amide bonds. The summed E-state index contributed by atoms with van der Waals surface area (Å²) < 4.78 is 1.89. The number of rotatable bonds is 4. The zero-order valence-corrected chi connectivity index (χ0v) is 6.32. The standard InChI is InChI=1S/C7H12N2O2/c10-5-1-7-8-2-3-9(7)4-6-11/h2-3,10-11H,1,4-6H2/p+1. The molecule has 0 fully saturated rings. The number of H-pyrrole nitrogens is 1. The molecule has 1 heterocycles. The van der Waals surface area contributed by atoms with Crippen LogP contribution >= 0.6 is 0 Å². The lowest BCUT2D eigenvalue weighted by molar-refractivity contribution is -0.704. The fourth-order valence-electron chi connectivity index (χ4n) is 1.04. The second-order valence-corrected chi connectivity index (χ2v) is 2.30. The predicted octanol–water partition coefficient (Wildman–Crippen LogP) is -1.17. The third-order valence-corrected chi connectivity index (χ3v) is 1.54. The van der Waals surface area contributed by atoms with E-state index in [1.807, 2.05) is 10.8 Å². The molecule has 0 radical (unpaired) electrons. The summed E-state index contributed by atoms with van der Waals surface area (Å²) in [5.74, 6) is 0.946. The molecule has 0 saturated carbocycles. The first-order valence-electron chi connectivity index (χ1n) is 3.66. The summed E-state index contributed by atoms with van der Waals surface area (Å²) in [7, 11) is 0. The minimum atomic E-state index is 0.126. The van der Waals surface area contributed by atoms with Gasteiger partial charge in [0.2, 0.25) is 0 Å². The average molecular weight is 157 g/mol. The Morgan fingerprint density at radius 3 is 2.82 bits per heavy atom. The Kier molecular flexibility index (Phi) is 3.07. The maximum atomic E-state index is 8.63. The monoisotopic (exact) mass is 157 g/mol. The smallest absolute Gasteiger partial charge is 0.256 e. The summed E-state index contributed by atoms with van der Waals surface area (Å²) in [6.07, 6.45) is 4.24. The molecule has 0 unspecified atom stereocenters.